The number of hydrogen-bond donors (Lipinski definition) is 2. The molecule has 2 aliphatic rings. The first-order chi connectivity index (χ1) is 10.2. The van der Waals surface area contributed by atoms with Crippen LogP contribution in [0.25, 0.3) is 0 Å². The van der Waals surface area contributed by atoms with Gasteiger partial charge >= 0.3 is 0 Å². The van der Waals surface area contributed by atoms with Crippen molar-refractivity contribution in [3.05, 3.63) is 23.8 Å². The van der Waals surface area contributed by atoms with Crippen molar-refractivity contribution >= 4 is 17.3 Å². The molecule has 1 saturated carbocycles. The summed E-state index contributed by atoms with van der Waals surface area (Å²) in [6.45, 7) is 3.31. The molecule has 3 rings (SSSR count). The normalized spacial score (nSPS) is 23.7. The molecule has 0 aromatic heterocycles. The van der Waals surface area contributed by atoms with E-state index < -0.39 is 0 Å². The van der Waals surface area contributed by atoms with Gasteiger partial charge in [-0.15, -0.1) is 0 Å². The zero-order valence-corrected chi connectivity index (χ0v) is 13.2. The summed E-state index contributed by atoms with van der Waals surface area (Å²) in [5.74, 6) is 2.33. The van der Waals surface area contributed by atoms with Gasteiger partial charge in [-0.1, -0.05) is 25.8 Å². The second-order valence-corrected chi connectivity index (χ2v) is 6.29. The highest BCUT2D eigenvalue weighted by molar-refractivity contribution is 7.80. The molecule has 0 radical (unpaired) electrons. The van der Waals surface area contributed by atoms with Crippen molar-refractivity contribution in [3.63, 3.8) is 0 Å². The molecule has 1 fully saturated rings. The molecular formula is C16H22N2O2S. The van der Waals surface area contributed by atoms with Crippen LogP contribution in [0.1, 0.15) is 38.2 Å². The van der Waals surface area contributed by atoms with E-state index in [0.717, 1.165) is 22.2 Å². The Balaban J connectivity index is 1.49. The number of ether oxygens (including phenoxy) is 2. The molecule has 2 atom stereocenters. The Morgan fingerprint density at radius 2 is 2.05 bits per heavy atom. The lowest BCUT2D eigenvalue weighted by atomic mass is 9.86. The summed E-state index contributed by atoms with van der Waals surface area (Å²) in [5.41, 5.74) is 1.14. The first-order valence-electron chi connectivity index (χ1n) is 7.65. The fourth-order valence-corrected chi connectivity index (χ4v) is 3.21. The van der Waals surface area contributed by atoms with Crippen LogP contribution in [0.2, 0.25) is 0 Å². The largest absolute Gasteiger partial charge is 0.454 e. The quantitative estimate of drug-likeness (QED) is 0.841. The molecule has 4 nitrogen and oxygen atoms in total. The number of rotatable bonds is 3. The van der Waals surface area contributed by atoms with Crippen LogP contribution in [0.15, 0.2) is 18.2 Å². The molecule has 0 spiro atoms. The van der Waals surface area contributed by atoms with Gasteiger partial charge in [0, 0.05) is 12.6 Å². The maximum absolute atomic E-state index is 5.41. The van der Waals surface area contributed by atoms with E-state index in [-0.39, 0.29) is 0 Å². The highest BCUT2D eigenvalue weighted by Crippen LogP contribution is 2.32. The van der Waals surface area contributed by atoms with Crippen molar-refractivity contribution in [2.75, 3.05) is 6.79 Å². The molecule has 1 aliphatic carbocycles. The summed E-state index contributed by atoms with van der Waals surface area (Å²) < 4.78 is 10.7. The lowest BCUT2D eigenvalue weighted by Crippen LogP contribution is -2.45. The molecule has 1 aromatic rings. The Morgan fingerprint density at radius 1 is 1.24 bits per heavy atom. The van der Waals surface area contributed by atoms with E-state index in [1.807, 2.05) is 18.2 Å². The maximum atomic E-state index is 5.41. The van der Waals surface area contributed by atoms with Crippen LogP contribution < -0.4 is 20.1 Å². The van der Waals surface area contributed by atoms with Gasteiger partial charge in [-0.2, -0.15) is 0 Å². The van der Waals surface area contributed by atoms with Crippen molar-refractivity contribution in [1.82, 2.24) is 10.6 Å². The number of thiocarbonyl (C=S) groups is 1. The highest BCUT2D eigenvalue weighted by atomic mass is 32.1. The van der Waals surface area contributed by atoms with Crippen LogP contribution in [0.5, 0.6) is 11.5 Å². The molecule has 0 amide bonds. The first kappa shape index (κ1) is 14.4. The minimum absolute atomic E-state index is 0.311. The Bertz CT molecular complexity index is 521. The molecule has 1 aliphatic heterocycles. The predicted molar refractivity (Wildman–Crippen MR) is 86.6 cm³/mol. The lowest BCUT2D eigenvalue weighted by Gasteiger charge is -2.30. The van der Waals surface area contributed by atoms with Gasteiger partial charge in [0.15, 0.2) is 16.6 Å². The zero-order chi connectivity index (χ0) is 14.7. The third-order valence-corrected chi connectivity index (χ3v) is 4.58. The van der Waals surface area contributed by atoms with Crippen LogP contribution >= 0.6 is 12.2 Å². The molecule has 0 unspecified atom stereocenters. The summed E-state index contributed by atoms with van der Waals surface area (Å²) in [5, 5.41) is 7.48. The topological polar surface area (TPSA) is 42.5 Å². The van der Waals surface area contributed by atoms with Gasteiger partial charge in [0.1, 0.15) is 0 Å². The van der Waals surface area contributed by atoms with Crippen LogP contribution in [0.4, 0.5) is 0 Å². The molecule has 0 saturated heterocycles. The van der Waals surface area contributed by atoms with Gasteiger partial charge in [0.05, 0.1) is 0 Å². The number of benzene rings is 1. The van der Waals surface area contributed by atoms with E-state index in [1.165, 1.54) is 25.7 Å². The molecule has 1 heterocycles. The third kappa shape index (κ3) is 3.59. The summed E-state index contributed by atoms with van der Waals surface area (Å²) in [6.07, 6.45) is 5.15. The second kappa shape index (κ2) is 6.52. The van der Waals surface area contributed by atoms with Crippen LogP contribution in [0, 0.1) is 5.92 Å². The molecule has 1 aromatic carbocycles. The van der Waals surface area contributed by atoms with Crippen LogP contribution in [-0.2, 0) is 6.54 Å². The standard InChI is InChI=1S/C16H22N2O2S/c1-11-4-2-3-5-13(11)18-16(21)17-9-12-6-7-14-15(8-12)20-10-19-14/h6-8,11,13H,2-5,9-10H2,1H3,(H2,17,18,21)/t11-,13-/m1/s1. The van der Waals surface area contributed by atoms with E-state index in [4.69, 9.17) is 21.7 Å². The Kier molecular flexibility index (Phi) is 4.48. The zero-order valence-electron chi connectivity index (χ0n) is 12.4. The highest BCUT2D eigenvalue weighted by Gasteiger charge is 2.21. The van der Waals surface area contributed by atoms with Gasteiger partial charge in [-0.05, 0) is 48.7 Å². The van der Waals surface area contributed by atoms with Crippen molar-refractivity contribution in [2.45, 2.75) is 45.2 Å². The Hall–Kier alpha value is -1.49. The minimum atomic E-state index is 0.311. The number of fused-ring (bicyclic) bond motifs is 1. The summed E-state index contributed by atoms with van der Waals surface area (Å²) >= 11 is 5.41. The molecule has 5 heteroatoms. The van der Waals surface area contributed by atoms with Crippen molar-refractivity contribution in [1.29, 1.82) is 0 Å². The van der Waals surface area contributed by atoms with E-state index in [0.29, 0.717) is 25.3 Å². The van der Waals surface area contributed by atoms with Crippen molar-refractivity contribution < 1.29 is 9.47 Å². The number of nitrogens with one attached hydrogen (secondary N) is 2. The third-order valence-electron chi connectivity index (χ3n) is 4.32. The fourth-order valence-electron chi connectivity index (χ4n) is 2.98. The van der Waals surface area contributed by atoms with E-state index in [9.17, 15) is 0 Å². The monoisotopic (exact) mass is 306 g/mol. The summed E-state index contributed by atoms with van der Waals surface area (Å²) in [6, 6.07) is 6.49. The lowest BCUT2D eigenvalue weighted by molar-refractivity contribution is 0.174. The smallest absolute Gasteiger partial charge is 0.231 e. The average molecular weight is 306 g/mol. The molecule has 0 bridgehead atoms. The minimum Gasteiger partial charge on any atom is -0.454 e. The van der Waals surface area contributed by atoms with Crippen molar-refractivity contribution in [3.8, 4) is 11.5 Å². The molecule has 2 N–H and O–H groups in total. The fraction of sp³-hybridized carbons (Fsp3) is 0.562. The van der Waals surface area contributed by atoms with Crippen LogP contribution in [-0.4, -0.2) is 17.9 Å². The average Bonchev–Trinajstić information content (AvgIpc) is 2.95. The predicted octanol–water partition coefficient (Wildman–Crippen LogP) is 2.96. The van der Waals surface area contributed by atoms with E-state index in [1.54, 1.807) is 0 Å². The Labute approximate surface area is 131 Å². The van der Waals surface area contributed by atoms with Gasteiger partial charge < -0.3 is 20.1 Å². The summed E-state index contributed by atoms with van der Waals surface area (Å²) in [7, 11) is 0. The van der Waals surface area contributed by atoms with Crippen molar-refractivity contribution in [2.24, 2.45) is 5.92 Å². The number of hydrogen-bond acceptors (Lipinski definition) is 3. The van der Waals surface area contributed by atoms with Gasteiger partial charge in [0.25, 0.3) is 0 Å². The van der Waals surface area contributed by atoms with Gasteiger partial charge in [-0.3, -0.25) is 0 Å². The molecular weight excluding hydrogens is 284 g/mol. The molecule has 21 heavy (non-hydrogen) atoms. The Morgan fingerprint density at radius 3 is 2.90 bits per heavy atom. The van der Waals surface area contributed by atoms with E-state index >= 15 is 0 Å². The van der Waals surface area contributed by atoms with Crippen LogP contribution in [0.3, 0.4) is 0 Å². The first-order valence-corrected chi connectivity index (χ1v) is 8.06. The summed E-state index contributed by atoms with van der Waals surface area (Å²) in [4.78, 5) is 0. The maximum Gasteiger partial charge on any atom is 0.231 e. The molecule has 114 valence electrons. The van der Waals surface area contributed by atoms with E-state index in [2.05, 4.69) is 17.6 Å². The SMILES string of the molecule is C[C@@H]1CCCC[C@H]1NC(=S)NCc1ccc2c(c1)OCO2. The van der Waals surface area contributed by atoms with Gasteiger partial charge in [-0.25, -0.2) is 0 Å². The van der Waals surface area contributed by atoms with Gasteiger partial charge in [0.2, 0.25) is 6.79 Å². The second-order valence-electron chi connectivity index (χ2n) is 5.88.